The number of nitrogens with one attached hydrogen (secondary N) is 1. The smallest absolute Gasteiger partial charge is 0.508 e. The van der Waals surface area contributed by atoms with Crippen LogP contribution in [-0.4, -0.2) is 40.1 Å². The van der Waals surface area contributed by atoms with Crippen LogP contribution in [0.5, 0.6) is 11.5 Å². The van der Waals surface area contributed by atoms with Gasteiger partial charge in [-0.25, -0.2) is 4.90 Å². The number of hydrazine groups is 1. The Kier molecular flexibility index (Phi) is 8.37. The van der Waals surface area contributed by atoms with E-state index in [0.717, 1.165) is 39.2 Å². The lowest BCUT2D eigenvalue weighted by molar-refractivity contribution is -0.274. The molecule has 0 bridgehead atoms. The van der Waals surface area contributed by atoms with E-state index in [4.69, 9.17) is 11.6 Å². The van der Waals surface area contributed by atoms with Gasteiger partial charge in [0, 0.05) is 16.5 Å². The van der Waals surface area contributed by atoms with Crippen molar-refractivity contribution in [2.75, 3.05) is 10.3 Å². The van der Waals surface area contributed by atoms with Crippen molar-refractivity contribution in [2.45, 2.75) is 44.4 Å². The molecule has 9 nitrogen and oxygen atoms in total. The minimum absolute atomic E-state index is 0.0456. The number of phenols is 1. The summed E-state index contributed by atoms with van der Waals surface area (Å²) in [6.07, 6.45) is -3.31. The Morgan fingerprint density at radius 1 is 0.870 bits per heavy atom. The molecule has 2 aliphatic heterocycles. The second-order valence-corrected chi connectivity index (χ2v) is 14.7. The van der Waals surface area contributed by atoms with E-state index in [1.807, 2.05) is 6.92 Å². The Hall–Kier alpha value is -5.62. The van der Waals surface area contributed by atoms with Crippen LogP contribution in [0.2, 0.25) is 5.02 Å². The largest absolute Gasteiger partial charge is 0.573 e. The van der Waals surface area contributed by atoms with Crippen molar-refractivity contribution >= 4 is 46.6 Å². The fraction of sp³-hybridized carbons (Fsp3) is 0.268. The number of alkyl halides is 3. The zero-order chi connectivity index (χ0) is 38.3. The lowest BCUT2D eigenvalue weighted by atomic mass is 9.49. The highest BCUT2D eigenvalue weighted by Gasteiger charge is 2.70. The fourth-order valence-electron chi connectivity index (χ4n) is 9.03. The Morgan fingerprint density at radius 2 is 1.59 bits per heavy atom. The van der Waals surface area contributed by atoms with E-state index in [0.29, 0.717) is 21.8 Å². The number of halogens is 4. The summed E-state index contributed by atoms with van der Waals surface area (Å²) in [5.74, 6) is -8.45. The number of allylic oxidation sites excluding steroid dienone is 2. The van der Waals surface area contributed by atoms with Gasteiger partial charge in [-0.2, -0.15) is 5.01 Å². The van der Waals surface area contributed by atoms with Gasteiger partial charge in [-0.15, -0.1) is 13.2 Å². The number of carbonyl (C=O) groups is 4. The first-order valence-corrected chi connectivity index (χ1v) is 17.8. The highest BCUT2D eigenvalue weighted by Crippen LogP contribution is 2.65. The van der Waals surface area contributed by atoms with E-state index in [9.17, 15) is 32.7 Å². The minimum atomic E-state index is -5.08. The standard InChI is InChI=1S/C41H33ClF3N3O6/c1-21-8-11-24(12-9-21)46-48-37(51)31-20-29-27(15-16-28-34(29)38(52)47(36(28)50)25-13-10-22(2)32(42)18-25)35(40(31,39(48)53)23-6-4-3-5-7-23)30-19-26(14-17-33(30)49)54-41(43,44)45/h3-15,17-19,28-29,31,34-35,46,49H,16,20H2,1-2H3. The van der Waals surface area contributed by atoms with Crippen LogP contribution in [0.1, 0.15) is 41.0 Å². The molecule has 6 atom stereocenters. The van der Waals surface area contributed by atoms with Gasteiger partial charge in [0.05, 0.1) is 34.5 Å². The summed E-state index contributed by atoms with van der Waals surface area (Å²) in [5.41, 5.74) is 4.31. The summed E-state index contributed by atoms with van der Waals surface area (Å²) >= 11 is 6.41. The number of benzene rings is 4. The summed E-state index contributed by atoms with van der Waals surface area (Å²) in [6, 6.07) is 23.4. The van der Waals surface area contributed by atoms with Crippen LogP contribution in [0, 0.1) is 37.5 Å². The maximum Gasteiger partial charge on any atom is 0.573 e. The highest BCUT2D eigenvalue weighted by molar-refractivity contribution is 6.32. The first-order chi connectivity index (χ1) is 25.7. The topological polar surface area (TPSA) is 116 Å². The minimum Gasteiger partial charge on any atom is -0.508 e. The molecule has 13 heteroatoms. The maximum atomic E-state index is 15.2. The van der Waals surface area contributed by atoms with E-state index in [-0.39, 0.29) is 24.1 Å². The first-order valence-electron chi connectivity index (χ1n) is 17.4. The molecule has 0 spiro atoms. The molecule has 54 heavy (non-hydrogen) atoms. The van der Waals surface area contributed by atoms with Crippen LogP contribution in [0.3, 0.4) is 0 Å². The number of ether oxygens (including phenoxy) is 1. The number of aryl methyl sites for hydroxylation is 2. The van der Waals surface area contributed by atoms with Crippen molar-refractivity contribution < 1.29 is 42.2 Å². The summed E-state index contributed by atoms with van der Waals surface area (Å²) in [6.45, 7) is 3.67. The van der Waals surface area contributed by atoms with Crippen molar-refractivity contribution in [3.63, 3.8) is 0 Å². The SMILES string of the molecule is Cc1ccc(NN2C(=O)C3CC4C(=CCC5C(=O)N(c6ccc(C)c(Cl)c6)C(=O)C54)C(c4cc(OC(F)(F)F)ccc4O)C3(c3ccccc3)C2=O)cc1. The van der Waals surface area contributed by atoms with Crippen LogP contribution >= 0.6 is 11.6 Å². The predicted octanol–water partition coefficient (Wildman–Crippen LogP) is 7.75. The second kappa shape index (κ2) is 12.8. The third-order valence-electron chi connectivity index (χ3n) is 11.4. The fourth-order valence-corrected chi connectivity index (χ4v) is 9.20. The molecule has 2 N–H and O–H groups in total. The van der Waals surface area contributed by atoms with Gasteiger partial charge >= 0.3 is 6.36 Å². The number of carbonyl (C=O) groups excluding carboxylic acids is 4. The van der Waals surface area contributed by atoms with Crippen molar-refractivity contribution in [3.8, 4) is 11.5 Å². The number of rotatable bonds is 6. The van der Waals surface area contributed by atoms with Crippen LogP contribution in [0.25, 0.3) is 0 Å². The van der Waals surface area contributed by atoms with Gasteiger partial charge in [0.15, 0.2) is 0 Å². The van der Waals surface area contributed by atoms with Gasteiger partial charge in [-0.3, -0.25) is 24.6 Å². The summed E-state index contributed by atoms with van der Waals surface area (Å²) in [5, 5.41) is 12.8. The number of aromatic hydroxyl groups is 1. The lowest BCUT2D eigenvalue weighted by Crippen LogP contribution is -2.53. The van der Waals surface area contributed by atoms with Crippen LogP contribution in [-0.2, 0) is 24.6 Å². The van der Waals surface area contributed by atoms with Crippen LogP contribution in [0.4, 0.5) is 24.5 Å². The van der Waals surface area contributed by atoms with Gasteiger partial charge in [-0.1, -0.05) is 77.3 Å². The molecule has 2 aliphatic carbocycles. The Morgan fingerprint density at radius 3 is 2.28 bits per heavy atom. The zero-order valence-electron chi connectivity index (χ0n) is 28.9. The van der Waals surface area contributed by atoms with Gasteiger partial charge < -0.3 is 9.84 Å². The zero-order valence-corrected chi connectivity index (χ0v) is 29.7. The van der Waals surface area contributed by atoms with Gasteiger partial charge in [-0.05, 0) is 86.2 Å². The Bertz CT molecular complexity index is 2260. The summed E-state index contributed by atoms with van der Waals surface area (Å²) in [7, 11) is 0. The third kappa shape index (κ3) is 5.45. The number of anilines is 2. The Labute approximate surface area is 312 Å². The molecule has 0 radical (unpaired) electrons. The monoisotopic (exact) mass is 755 g/mol. The van der Waals surface area contributed by atoms with E-state index >= 15 is 4.79 Å². The lowest BCUT2D eigenvalue weighted by Gasteiger charge is -2.50. The van der Waals surface area contributed by atoms with Crippen LogP contribution < -0.4 is 15.1 Å². The normalized spacial score (nSPS) is 26.3. The van der Waals surface area contributed by atoms with Gasteiger partial charge in [0.1, 0.15) is 11.5 Å². The molecule has 4 aliphatic rings. The molecule has 3 fully saturated rings. The molecule has 276 valence electrons. The predicted molar refractivity (Wildman–Crippen MR) is 192 cm³/mol. The molecule has 8 rings (SSSR count). The number of hydrogen-bond donors (Lipinski definition) is 2. The molecule has 4 aromatic rings. The van der Waals surface area contributed by atoms with E-state index in [1.54, 1.807) is 85.8 Å². The van der Waals surface area contributed by atoms with E-state index in [1.165, 1.54) is 0 Å². The molecule has 4 amide bonds. The van der Waals surface area contributed by atoms with E-state index in [2.05, 4.69) is 10.2 Å². The number of hydrogen-bond acceptors (Lipinski definition) is 7. The maximum absolute atomic E-state index is 15.2. The van der Waals surface area contributed by atoms with Crippen molar-refractivity contribution in [1.82, 2.24) is 5.01 Å². The highest BCUT2D eigenvalue weighted by atomic mass is 35.5. The third-order valence-corrected chi connectivity index (χ3v) is 11.8. The van der Waals surface area contributed by atoms with Gasteiger partial charge in [0.25, 0.3) is 11.8 Å². The van der Waals surface area contributed by atoms with Crippen molar-refractivity contribution in [1.29, 1.82) is 0 Å². The molecular weight excluding hydrogens is 723 g/mol. The molecule has 2 heterocycles. The molecule has 4 aromatic carbocycles. The molecule has 6 unspecified atom stereocenters. The number of imide groups is 2. The van der Waals surface area contributed by atoms with Gasteiger partial charge in [0.2, 0.25) is 11.8 Å². The number of nitrogens with zero attached hydrogens (tertiary/aromatic N) is 2. The quantitative estimate of drug-likeness (QED) is 0.153. The Balaban J connectivity index is 1.33. The number of phenolic OH excluding ortho intramolecular Hbond substituents is 1. The number of amides is 4. The molecule has 0 aromatic heterocycles. The molecular formula is C41H33ClF3N3O6. The molecule has 1 saturated carbocycles. The van der Waals surface area contributed by atoms with E-state index < -0.39 is 76.5 Å². The second-order valence-electron chi connectivity index (χ2n) is 14.3. The van der Waals surface area contributed by atoms with Crippen LogP contribution in [0.15, 0.2) is 103 Å². The molecule has 2 saturated heterocycles. The van der Waals surface area contributed by atoms with Crippen molar-refractivity contribution in [3.05, 3.63) is 130 Å². The average Bonchev–Trinajstić information content (AvgIpc) is 3.52. The summed E-state index contributed by atoms with van der Waals surface area (Å²) in [4.78, 5) is 59.7. The first kappa shape index (κ1) is 35.4. The average molecular weight is 756 g/mol. The summed E-state index contributed by atoms with van der Waals surface area (Å²) < 4.78 is 45.1. The van der Waals surface area contributed by atoms with Crippen molar-refractivity contribution in [2.24, 2.45) is 23.7 Å². The number of fused-ring (bicyclic) bond motifs is 4.